The van der Waals surface area contributed by atoms with Crippen molar-refractivity contribution in [1.29, 1.82) is 0 Å². The second-order valence-corrected chi connectivity index (χ2v) is 6.25. The van der Waals surface area contributed by atoms with Crippen LogP contribution in [0.3, 0.4) is 0 Å². The smallest absolute Gasteiger partial charge is 0.295 e. The number of hydrogen-bond donors (Lipinski definition) is 1. The second-order valence-electron chi connectivity index (χ2n) is 6.25. The maximum atomic E-state index is 12.8. The van der Waals surface area contributed by atoms with E-state index in [1.165, 1.54) is 0 Å². The molecule has 0 unspecified atom stereocenters. The van der Waals surface area contributed by atoms with Gasteiger partial charge >= 0.3 is 0 Å². The maximum Gasteiger partial charge on any atom is 0.295 e. The lowest BCUT2D eigenvalue weighted by Crippen LogP contribution is -2.23. The van der Waals surface area contributed by atoms with E-state index in [-0.39, 0.29) is 17.9 Å². The quantitative estimate of drug-likeness (QED) is 0.654. The molecule has 0 radical (unpaired) electrons. The third-order valence-electron chi connectivity index (χ3n) is 4.38. The Morgan fingerprint density at radius 1 is 1.04 bits per heavy atom. The standard InChI is InChI=1S/C21H23N3O3/c1-16-20(21(26)24(23(16)2)17-10-5-3-6-11-17)22-19(25)14-9-15-27-18-12-7-4-8-13-18/h3-8,10-13H,9,14-15H2,1-2H3,(H,22,25). The highest BCUT2D eigenvalue weighted by molar-refractivity contribution is 5.91. The van der Waals surface area contributed by atoms with Gasteiger partial charge in [0.25, 0.3) is 5.56 Å². The fourth-order valence-electron chi connectivity index (χ4n) is 2.85. The molecule has 0 spiro atoms. The lowest BCUT2D eigenvalue weighted by Gasteiger charge is -2.07. The van der Waals surface area contributed by atoms with Gasteiger partial charge in [-0.1, -0.05) is 36.4 Å². The molecule has 1 heterocycles. The summed E-state index contributed by atoms with van der Waals surface area (Å²) in [5.74, 6) is 0.584. The number of ether oxygens (including phenoxy) is 1. The van der Waals surface area contributed by atoms with Crippen molar-refractivity contribution in [3.63, 3.8) is 0 Å². The minimum atomic E-state index is -0.241. The largest absolute Gasteiger partial charge is 0.494 e. The second kappa shape index (κ2) is 8.40. The van der Waals surface area contributed by atoms with E-state index in [9.17, 15) is 9.59 Å². The first kappa shape index (κ1) is 18.5. The summed E-state index contributed by atoms with van der Waals surface area (Å²) in [6, 6.07) is 18.8. The van der Waals surface area contributed by atoms with Crippen LogP contribution in [0.5, 0.6) is 5.75 Å². The monoisotopic (exact) mass is 365 g/mol. The molecule has 0 saturated heterocycles. The van der Waals surface area contributed by atoms with Gasteiger partial charge in [0, 0.05) is 13.5 Å². The summed E-state index contributed by atoms with van der Waals surface area (Å²) in [6.45, 7) is 2.26. The van der Waals surface area contributed by atoms with Crippen LogP contribution in [0, 0.1) is 6.92 Å². The lowest BCUT2D eigenvalue weighted by molar-refractivity contribution is -0.116. The average molecular weight is 365 g/mol. The molecule has 1 amide bonds. The Morgan fingerprint density at radius 2 is 1.67 bits per heavy atom. The highest BCUT2D eigenvalue weighted by atomic mass is 16.5. The zero-order valence-electron chi connectivity index (χ0n) is 15.5. The van der Waals surface area contributed by atoms with Crippen molar-refractivity contribution in [2.24, 2.45) is 7.05 Å². The minimum absolute atomic E-state index is 0.197. The van der Waals surface area contributed by atoms with Crippen LogP contribution in [0.15, 0.2) is 65.5 Å². The predicted molar refractivity (Wildman–Crippen MR) is 106 cm³/mol. The maximum absolute atomic E-state index is 12.8. The molecule has 3 rings (SSSR count). The van der Waals surface area contributed by atoms with E-state index >= 15 is 0 Å². The van der Waals surface area contributed by atoms with Crippen molar-refractivity contribution < 1.29 is 9.53 Å². The van der Waals surface area contributed by atoms with Crippen LogP contribution in [0.1, 0.15) is 18.5 Å². The Kier molecular flexibility index (Phi) is 5.76. The van der Waals surface area contributed by atoms with Gasteiger partial charge in [0.1, 0.15) is 11.4 Å². The van der Waals surface area contributed by atoms with Crippen LogP contribution in [0.4, 0.5) is 5.69 Å². The van der Waals surface area contributed by atoms with Gasteiger partial charge in [-0.2, -0.15) is 0 Å². The third kappa shape index (κ3) is 4.28. The van der Waals surface area contributed by atoms with Gasteiger partial charge in [0.2, 0.25) is 5.91 Å². The average Bonchev–Trinajstić information content (AvgIpc) is 2.90. The molecule has 27 heavy (non-hydrogen) atoms. The third-order valence-corrected chi connectivity index (χ3v) is 4.38. The zero-order chi connectivity index (χ0) is 19.2. The SMILES string of the molecule is Cc1c(NC(=O)CCCOc2ccccc2)c(=O)n(-c2ccccc2)n1C. The Bertz CT molecular complexity index is 960. The molecule has 0 atom stereocenters. The molecule has 1 N–H and O–H groups in total. The van der Waals surface area contributed by atoms with E-state index in [0.717, 1.165) is 11.4 Å². The summed E-state index contributed by atoms with van der Waals surface area (Å²) in [4.78, 5) is 25.0. The number of para-hydroxylation sites is 2. The van der Waals surface area contributed by atoms with Crippen LogP contribution >= 0.6 is 0 Å². The van der Waals surface area contributed by atoms with Crippen molar-refractivity contribution in [3.05, 3.63) is 76.7 Å². The Hall–Kier alpha value is -3.28. The number of carbonyl (C=O) groups is 1. The number of rotatable bonds is 7. The molecule has 140 valence electrons. The van der Waals surface area contributed by atoms with E-state index in [1.807, 2.05) is 67.6 Å². The molecule has 0 bridgehead atoms. The molecule has 6 heteroatoms. The van der Waals surface area contributed by atoms with Crippen molar-refractivity contribution in [3.8, 4) is 11.4 Å². The summed E-state index contributed by atoms with van der Waals surface area (Å²) in [5.41, 5.74) is 1.54. The number of nitrogens with one attached hydrogen (secondary N) is 1. The summed E-state index contributed by atoms with van der Waals surface area (Å²) in [5, 5.41) is 2.76. The van der Waals surface area contributed by atoms with E-state index in [4.69, 9.17) is 4.74 Å². The summed E-state index contributed by atoms with van der Waals surface area (Å²) < 4.78 is 8.87. The first-order chi connectivity index (χ1) is 13.1. The van der Waals surface area contributed by atoms with E-state index in [1.54, 1.807) is 16.4 Å². The van der Waals surface area contributed by atoms with Crippen molar-refractivity contribution in [2.45, 2.75) is 19.8 Å². The summed E-state index contributed by atoms with van der Waals surface area (Å²) >= 11 is 0. The number of carbonyl (C=O) groups excluding carboxylic acids is 1. The Balaban J connectivity index is 1.62. The predicted octanol–water partition coefficient (Wildman–Crippen LogP) is 3.28. The van der Waals surface area contributed by atoms with Gasteiger partial charge in [-0.3, -0.25) is 14.3 Å². The van der Waals surface area contributed by atoms with Gasteiger partial charge in [-0.05, 0) is 37.6 Å². The highest BCUT2D eigenvalue weighted by Gasteiger charge is 2.17. The Morgan fingerprint density at radius 3 is 2.33 bits per heavy atom. The van der Waals surface area contributed by atoms with Crippen molar-refractivity contribution in [1.82, 2.24) is 9.36 Å². The molecule has 2 aromatic carbocycles. The van der Waals surface area contributed by atoms with Crippen molar-refractivity contribution >= 4 is 11.6 Å². The van der Waals surface area contributed by atoms with Crippen LogP contribution in [-0.4, -0.2) is 21.9 Å². The minimum Gasteiger partial charge on any atom is -0.494 e. The number of benzene rings is 2. The van der Waals surface area contributed by atoms with E-state index in [2.05, 4.69) is 5.32 Å². The number of amides is 1. The number of hydrogen-bond acceptors (Lipinski definition) is 3. The summed E-state index contributed by atoms with van der Waals surface area (Å²) in [7, 11) is 1.80. The molecular weight excluding hydrogens is 342 g/mol. The zero-order valence-corrected chi connectivity index (χ0v) is 15.5. The normalized spacial score (nSPS) is 10.6. The first-order valence-electron chi connectivity index (χ1n) is 8.89. The van der Waals surface area contributed by atoms with Gasteiger partial charge in [0.15, 0.2) is 0 Å². The number of nitrogens with zero attached hydrogens (tertiary/aromatic N) is 2. The molecule has 1 aromatic heterocycles. The molecule has 0 aliphatic heterocycles. The molecule has 3 aromatic rings. The van der Waals surface area contributed by atoms with Crippen LogP contribution in [0.25, 0.3) is 5.69 Å². The van der Waals surface area contributed by atoms with Crippen LogP contribution in [0.2, 0.25) is 0 Å². The van der Waals surface area contributed by atoms with Crippen molar-refractivity contribution in [2.75, 3.05) is 11.9 Å². The molecular formula is C21H23N3O3. The van der Waals surface area contributed by atoms with Gasteiger partial charge in [0.05, 0.1) is 18.0 Å². The number of anilines is 1. The Labute approximate surface area is 158 Å². The fraction of sp³-hybridized carbons (Fsp3) is 0.238. The van der Waals surface area contributed by atoms with Gasteiger partial charge in [-0.15, -0.1) is 0 Å². The molecule has 6 nitrogen and oxygen atoms in total. The lowest BCUT2D eigenvalue weighted by atomic mass is 10.3. The fourth-order valence-corrected chi connectivity index (χ4v) is 2.85. The van der Waals surface area contributed by atoms with E-state index < -0.39 is 0 Å². The summed E-state index contributed by atoms with van der Waals surface area (Å²) in [6.07, 6.45) is 0.853. The molecule has 0 aliphatic carbocycles. The molecule has 0 aliphatic rings. The first-order valence-corrected chi connectivity index (χ1v) is 8.89. The van der Waals surface area contributed by atoms with Crippen LogP contribution < -0.4 is 15.6 Å². The van der Waals surface area contributed by atoms with E-state index in [0.29, 0.717) is 24.4 Å². The van der Waals surface area contributed by atoms with Gasteiger partial charge < -0.3 is 10.1 Å². The number of aromatic nitrogens is 2. The molecule has 0 fully saturated rings. The van der Waals surface area contributed by atoms with Crippen LogP contribution in [-0.2, 0) is 11.8 Å². The topological polar surface area (TPSA) is 65.3 Å². The van der Waals surface area contributed by atoms with Gasteiger partial charge in [-0.25, -0.2) is 4.68 Å². The molecule has 0 saturated carbocycles. The highest BCUT2D eigenvalue weighted by Crippen LogP contribution is 2.14.